The number of fused-ring (bicyclic) bond motifs is 1. The Morgan fingerprint density at radius 2 is 1.81 bits per heavy atom. The molecule has 4 nitrogen and oxygen atoms in total. The van der Waals surface area contributed by atoms with Gasteiger partial charge in [0, 0.05) is 4.88 Å². The molecule has 130 valence electrons. The van der Waals surface area contributed by atoms with E-state index in [1.165, 1.54) is 12.1 Å². The Kier molecular flexibility index (Phi) is 4.75. The first kappa shape index (κ1) is 16.5. The Hall–Kier alpha value is -2.99. The van der Waals surface area contributed by atoms with Gasteiger partial charge in [0.05, 0.1) is 16.8 Å². The molecule has 1 N–H and O–H groups in total. The van der Waals surface area contributed by atoms with Crippen LogP contribution in [0.3, 0.4) is 0 Å². The van der Waals surface area contributed by atoms with E-state index in [-0.39, 0.29) is 5.82 Å². The third kappa shape index (κ3) is 3.65. The molecule has 0 atom stereocenters. The molecule has 0 unspecified atom stereocenters. The van der Waals surface area contributed by atoms with Gasteiger partial charge in [0.15, 0.2) is 0 Å². The van der Waals surface area contributed by atoms with Crippen LogP contribution in [0.1, 0.15) is 0 Å². The van der Waals surface area contributed by atoms with Crippen molar-refractivity contribution in [1.29, 1.82) is 0 Å². The van der Waals surface area contributed by atoms with Crippen LogP contribution in [0.15, 0.2) is 67.0 Å². The van der Waals surface area contributed by atoms with Gasteiger partial charge in [-0.15, -0.1) is 11.3 Å². The van der Waals surface area contributed by atoms with Crippen LogP contribution in [0.2, 0.25) is 0 Å². The topological polar surface area (TPSA) is 47.0 Å². The number of benzene rings is 2. The molecule has 26 heavy (non-hydrogen) atoms. The van der Waals surface area contributed by atoms with Gasteiger partial charge in [-0.25, -0.2) is 14.4 Å². The van der Waals surface area contributed by atoms with Gasteiger partial charge in [0.1, 0.15) is 30.3 Å². The van der Waals surface area contributed by atoms with E-state index in [0.717, 1.165) is 32.2 Å². The van der Waals surface area contributed by atoms with Crippen molar-refractivity contribution in [2.75, 3.05) is 18.5 Å². The Morgan fingerprint density at radius 3 is 2.62 bits per heavy atom. The summed E-state index contributed by atoms with van der Waals surface area (Å²) in [6, 6.07) is 18.2. The number of para-hydroxylation sites is 1. The van der Waals surface area contributed by atoms with Crippen LogP contribution >= 0.6 is 11.3 Å². The van der Waals surface area contributed by atoms with Crippen molar-refractivity contribution in [1.82, 2.24) is 9.97 Å². The van der Waals surface area contributed by atoms with Crippen molar-refractivity contribution >= 4 is 27.4 Å². The smallest absolute Gasteiger partial charge is 0.147 e. The standard InChI is InChI=1S/C20H16FN3OS/c21-15-8-6-14(7-9-15)18-12-17-19(26-18)20(24-13-23-17)22-10-11-25-16-4-2-1-3-5-16/h1-9,12-13H,10-11H2,(H,22,23,24). The predicted molar refractivity (Wildman–Crippen MR) is 103 cm³/mol. The summed E-state index contributed by atoms with van der Waals surface area (Å²) in [6.45, 7) is 1.16. The Balaban J connectivity index is 1.48. The number of anilines is 1. The van der Waals surface area contributed by atoms with E-state index in [1.54, 1.807) is 29.8 Å². The summed E-state index contributed by atoms with van der Waals surface area (Å²) in [6.07, 6.45) is 1.55. The molecule has 0 amide bonds. The number of hydrogen-bond donors (Lipinski definition) is 1. The van der Waals surface area contributed by atoms with E-state index in [9.17, 15) is 4.39 Å². The zero-order valence-electron chi connectivity index (χ0n) is 13.9. The summed E-state index contributed by atoms with van der Waals surface area (Å²) in [5.74, 6) is 1.39. The Labute approximate surface area is 154 Å². The zero-order valence-corrected chi connectivity index (χ0v) is 14.7. The molecule has 0 radical (unpaired) electrons. The highest BCUT2D eigenvalue weighted by atomic mass is 32.1. The maximum absolute atomic E-state index is 13.1. The molecule has 0 saturated heterocycles. The Morgan fingerprint density at radius 1 is 1.00 bits per heavy atom. The molecule has 4 rings (SSSR count). The van der Waals surface area contributed by atoms with E-state index in [1.807, 2.05) is 36.4 Å². The molecule has 2 heterocycles. The van der Waals surface area contributed by atoms with Crippen molar-refractivity contribution in [3.8, 4) is 16.2 Å². The minimum absolute atomic E-state index is 0.240. The molecule has 0 saturated carbocycles. The summed E-state index contributed by atoms with van der Waals surface area (Å²) < 4.78 is 19.8. The number of ether oxygens (including phenoxy) is 1. The van der Waals surface area contributed by atoms with Gasteiger partial charge in [0.25, 0.3) is 0 Å². The maximum Gasteiger partial charge on any atom is 0.147 e. The largest absolute Gasteiger partial charge is 0.492 e. The van der Waals surface area contributed by atoms with Crippen LogP contribution in [-0.4, -0.2) is 23.1 Å². The molecule has 0 aliphatic carbocycles. The number of aromatic nitrogens is 2. The summed E-state index contributed by atoms with van der Waals surface area (Å²) in [5.41, 5.74) is 1.84. The number of nitrogens with zero attached hydrogens (tertiary/aromatic N) is 2. The summed E-state index contributed by atoms with van der Waals surface area (Å²) in [7, 11) is 0. The van der Waals surface area contributed by atoms with Crippen molar-refractivity contribution in [2.24, 2.45) is 0 Å². The number of thiophene rings is 1. The fourth-order valence-electron chi connectivity index (χ4n) is 2.59. The second kappa shape index (κ2) is 7.49. The van der Waals surface area contributed by atoms with Crippen molar-refractivity contribution in [3.05, 3.63) is 72.8 Å². The second-order valence-corrected chi connectivity index (χ2v) is 6.69. The fraction of sp³-hybridized carbons (Fsp3) is 0.100. The van der Waals surface area contributed by atoms with Crippen molar-refractivity contribution in [3.63, 3.8) is 0 Å². The molecule has 6 heteroatoms. The third-order valence-electron chi connectivity index (χ3n) is 3.85. The average Bonchev–Trinajstić information content (AvgIpc) is 3.11. The predicted octanol–water partition coefficient (Wildman–Crippen LogP) is 4.99. The lowest BCUT2D eigenvalue weighted by Gasteiger charge is -2.08. The molecule has 0 aliphatic rings. The molecule has 2 aromatic carbocycles. The van der Waals surface area contributed by atoms with Gasteiger partial charge in [-0.2, -0.15) is 0 Å². The summed E-state index contributed by atoms with van der Waals surface area (Å²) >= 11 is 1.59. The van der Waals surface area contributed by atoms with Crippen LogP contribution in [0.5, 0.6) is 5.75 Å². The molecule has 0 aliphatic heterocycles. The van der Waals surface area contributed by atoms with E-state index in [2.05, 4.69) is 15.3 Å². The van der Waals surface area contributed by atoms with Crippen LogP contribution in [-0.2, 0) is 0 Å². The molecular weight excluding hydrogens is 349 g/mol. The Bertz CT molecular complexity index is 1000. The van der Waals surface area contributed by atoms with Gasteiger partial charge in [0.2, 0.25) is 0 Å². The van der Waals surface area contributed by atoms with Crippen LogP contribution in [0.25, 0.3) is 20.7 Å². The molecule has 0 fully saturated rings. The monoisotopic (exact) mass is 365 g/mol. The van der Waals surface area contributed by atoms with Crippen LogP contribution < -0.4 is 10.1 Å². The lowest BCUT2D eigenvalue weighted by atomic mass is 10.2. The molecular formula is C20H16FN3OS. The molecule has 0 bridgehead atoms. The van der Waals surface area contributed by atoms with Gasteiger partial charge in [-0.1, -0.05) is 30.3 Å². The van der Waals surface area contributed by atoms with Gasteiger partial charge in [-0.3, -0.25) is 0 Å². The SMILES string of the molecule is Fc1ccc(-c2cc3ncnc(NCCOc4ccccc4)c3s2)cc1. The maximum atomic E-state index is 13.1. The van der Waals surface area contributed by atoms with E-state index in [0.29, 0.717) is 13.2 Å². The molecule has 0 spiro atoms. The molecule has 4 aromatic rings. The summed E-state index contributed by atoms with van der Waals surface area (Å²) in [4.78, 5) is 9.71. The zero-order chi connectivity index (χ0) is 17.8. The average molecular weight is 365 g/mol. The lowest BCUT2D eigenvalue weighted by Crippen LogP contribution is -2.12. The highest BCUT2D eigenvalue weighted by Gasteiger charge is 2.10. The van der Waals surface area contributed by atoms with E-state index >= 15 is 0 Å². The number of rotatable bonds is 6. The highest BCUT2D eigenvalue weighted by molar-refractivity contribution is 7.22. The van der Waals surface area contributed by atoms with E-state index < -0.39 is 0 Å². The second-order valence-electron chi connectivity index (χ2n) is 5.64. The summed E-state index contributed by atoms with van der Waals surface area (Å²) in [5, 5.41) is 3.31. The minimum atomic E-state index is -0.240. The number of halogens is 1. The number of hydrogen-bond acceptors (Lipinski definition) is 5. The lowest BCUT2D eigenvalue weighted by molar-refractivity contribution is 0.333. The van der Waals surface area contributed by atoms with Crippen LogP contribution in [0, 0.1) is 5.82 Å². The first-order valence-electron chi connectivity index (χ1n) is 8.22. The quantitative estimate of drug-likeness (QED) is 0.489. The van der Waals surface area contributed by atoms with Crippen LogP contribution in [0.4, 0.5) is 10.2 Å². The number of nitrogens with one attached hydrogen (secondary N) is 1. The minimum Gasteiger partial charge on any atom is -0.492 e. The normalized spacial score (nSPS) is 10.8. The fourth-order valence-corrected chi connectivity index (χ4v) is 3.67. The van der Waals surface area contributed by atoms with Crippen molar-refractivity contribution in [2.45, 2.75) is 0 Å². The van der Waals surface area contributed by atoms with Gasteiger partial charge < -0.3 is 10.1 Å². The van der Waals surface area contributed by atoms with E-state index in [4.69, 9.17) is 4.74 Å². The highest BCUT2D eigenvalue weighted by Crippen LogP contribution is 2.35. The van der Waals surface area contributed by atoms with Gasteiger partial charge in [-0.05, 0) is 35.9 Å². The van der Waals surface area contributed by atoms with Crippen molar-refractivity contribution < 1.29 is 9.13 Å². The first-order valence-corrected chi connectivity index (χ1v) is 9.03. The molecule has 2 aromatic heterocycles. The third-order valence-corrected chi connectivity index (χ3v) is 5.03. The van der Waals surface area contributed by atoms with Gasteiger partial charge >= 0.3 is 0 Å². The first-order chi connectivity index (χ1) is 12.8.